The van der Waals surface area contributed by atoms with E-state index in [0.717, 1.165) is 18.8 Å². The number of benzene rings is 2. The molecule has 1 aliphatic heterocycles. The van der Waals surface area contributed by atoms with Crippen LogP contribution >= 0.6 is 23.2 Å². The second kappa shape index (κ2) is 10.5. The molecule has 0 spiro atoms. The number of halogens is 2. The first-order valence-electron chi connectivity index (χ1n) is 9.97. The normalized spacial score (nSPS) is 14.7. The van der Waals surface area contributed by atoms with Crippen LogP contribution in [0.2, 0.25) is 10.0 Å². The third kappa shape index (κ3) is 5.89. The average Bonchev–Trinajstić information content (AvgIpc) is 2.79. The number of anilines is 1. The molecule has 2 aromatic rings. The molecule has 1 unspecified atom stereocenters. The fraction of sp³-hybridized carbons (Fsp3) is 0.318. The van der Waals surface area contributed by atoms with Crippen LogP contribution in [0, 0.1) is 0 Å². The molecule has 31 heavy (non-hydrogen) atoms. The van der Waals surface area contributed by atoms with Gasteiger partial charge in [0.05, 0.1) is 22.2 Å². The summed E-state index contributed by atoms with van der Waals surface area (Å²) in [6.07, 6.45) is 0. The zero-order valence-electron chi connectivity index (χ0n) is 17.1. The third-order valence-corrected chi connectivity index (χ3v) is 5.92. The van der Waals surface area contributed by atoms with Crippen LogP contribution in [0.4, 0.5) is 5.69 Å². The summed E-state index contributed by atoms with van der Waals surface area (Å²) in [6, 6.07) is 13.9. The van der Waals surface area contributed by atoms with Crippen molar-refractivity contribution in [3.8, 4) is 0 Å². The van der Waals surface area contributed by atoms with Gasteiger partial charge in [-0.15, -0.1) is 0 Å². The number of piperazine rings is 1. The quantitative estimate of drug-likeness (QED) is 0.690. The van der Waals surface area contributed by atoms with Gasteiger partial charge >= 0.3 is 0 Å². The molecule has 1 saturated heterocycles. The summed E-state index contributed by atoms with van der Waals surface area (Å²) in [5, 5.41) is 5.53. The highest BCUT2D eigenvalue weighted by molar-refractivity contribution is 6.43. The Hall–Kier alpha value is -2.77. The van der Waals surface area contributed by atoms with E-state index in [-0.39, 0.29) is 28.1 Å². The summed E-state index contributed by atoms with van der Waals surface area (Å²) < 4.78 is 0. The minimum Gasteiger partial charge on any atom is -0.368 e. The largest absolute Gasteiger partial charge is 0.368 e. The fourth-order valence-corrected chi connectivity index (χ4v) is 3.69. The molecule has 1 atom stereocenters. The summed E-state index contributed by atoms with van der Waals surface area (Å²) in [4.78, 5) is 41.1. The molecule has 0 bridgehead atoms. The molecule has 164 valence electrons. The summed E-state index contributed by atoms with van der Waals surface area (Å²) in [5.41, 5.74) is 1.31. The molecule has 2 N–H and O–H groups in total. The molecule has 9 heteroatoms. The Morgan fingerprint density at radius 2 is 1.65 bits per heavy atom. The molecule has 2 aromatic carbocycles. The highest BCUT2D eigenvalue weighted by Gasteiger charge is 2.23. The van der Waals surface area contributed by atoms with Crippen molar-refractivity contribution < 1.29 is 14.4 Å². The van der Waals surface area contributed by atoms with Crippen molar-refractivity contribution in [1.29, 1.82) is 0 Å². The van der Waals surface area contributed by atoms with Gasteiger partial charge in [0.25, 0.3) is 5.91 Å². The van der Waals surface area contributed by atoms with E-state index < -0.39 is 17.9 Å². The van der Waals surface area contributed by atoms with Crippen LogP contribution in [-0.2, 0) is 9.59 Å². The molecule has 1 heterocycles. The van der Waals surface area contributed by atoms with Gasteiger partial charge in [0.1, 0.15) is 6.04 Å². The van der Waals surface area contributed by atoms with Crippen LogP contribution < -0.4 is 15.5 Å². The van der Waals surface area contributed by atoms with Crippen molar-refractivity contribution in [2.24, 2.45) is 0 Å². The van der Waals surface area contributed by atoms with Gasteiger partial charge in [0.2, 0.25) is 11.8 Å². The van der Waals surface area contributed by atoms with Crippen LogP contribution in [0.3, 0.4) is 0 Å². The molecular formula is C22H24Cl2N4O3. The molecule has 0 aromatic heterocycles. The minimum atomic E-state index is -0.842. The fourth-order valence-electron chi connectivity index (χ4n) is 3.30. The number of rotatable bonds is 6. The monoisotopic (exact) mass is 462 g/mol. The highest BCUT2D eigenvalue weighted by atomic mass is 35.5. The lowest BCUT2D eigenvalue weighted by atomic mass is 10.2. The first-order valence-corrected chi connectivity index (χ1v) is 10.7. The topological polar surface area (TPSA) is 81.8 Å². The van der Waals surface area contributed by atoms with Gasteiger partial charge in [-0.3, -0.25) is 14.4 Å². The van der Waals surface area contributed by atoms with E-state index in [1.165, 1.54) is 13.0 Å². The number of carbonyl (C=O) groups is 3. The van der Waals surface area contributed by atoms with Crippen LogP contribution in [0.1, 0.15) is 17.3 Å². The van der Waals surface area contributed by atoms with Crippen LogP contribution in [0.25, 0.3) is 0 Å². The Bertz CT molecular complexity index is 947. The number of nitrogens with zero attached hydrogens (tertiary/aromatic N) is 2. The van der Waals surface area contributed by atoms with Gasteiger partial charge < -0.3 is 20.4 Å². The van der Waals surface area contributed by atoms with Crippen LogP contribution in [0.15, 0.2) is 48.5 Å². The lowest BCUT2D eigenvalue weighted by Crippen LogP contribution is -2.52. The smallest absolute Gasteiger partial charge is 0.253 e. The van der Waals surface area contributed by atoms with Gasteiger partial charge in [-0.2, -0.15) is 0 Å². The molecule has 1 fully saturated rings. The molecule has 0 aliphatic carbocycles. The minimum absolute atomic E-state index is 0.123. The van der Waals surface area contributed by atoms with Crippen molar-refractivity contribution >= 4 is 46.6 Å². The number of nitrogens with one attached hydrogen (secondary N) is 2. The van der Waals surface area contributed by atoms with Gasteiger partial charge in [-0.25, -0.2) is 0 Å². The van der Waals surface area contributed by atoms with E-state index >= 15 is 0 Å². The molecule has 1 aliphatic rings. The number of carbonyl (C=O) groups excluding carboxylic acids is 3. The van der Waals surface area contributed by atoms with E-state index in [4.69, 9.17) is 23.2 Å². The van der Waals surface area contributed by atoms with Crippen molar-refractivity contribution in [3.63, 3.8) is 0 Å². The summed E-state index contributed by atoms with van der Waals surface area (Å²) >= 11 is 12.0. The number of hydrogen-bond donors (Lipinski definition) is 2. The molecule has 0 saturated carbocycles. The lowest BCUT2D eigenvalue weighted by molar-refractivity contribution is -0.133. The van der Waals surface area contributed by atoms with Crippen molar-refractivity contribution in [2.45, 2.75) is 13.0 Å². The average molecular weight is 463 g/mol. The van der Waals surface area contributed by atoms with Gasteiger partial charge in [-0.05, 0) is 31.2 Å². The predicted octanol–water partition coefficient (Wildman–Crippen LogP) is 2.58. The summed E-state index contributed by atoms with van der Waals surface area (Å²) in [6.45, 7) is 4.05. The Balaban J connectivity index is 1.44. The van der Waals surface area contributed by atoms with Crippen LogP contribution in [0.5, 0.6) is 0 Å². The first kappa shape index (κ1) is 22.9. The first-order chi connectivity index (χ1) is 14.9. The number of hydrogen-bond acceptors (Lipinski definition) is 4. The maximum Gasteiger partial charge on any atom is 0.253 e. The van der Waals surface area contributed by atoms with E-state index in [0.29, 0.717) is 13.1 Å². The van der Waals surface area contributed by atoms with E-state index in [2.05, 4.69) is 15.5 Å². The molecule has 3 amide bonds. The van der Waals surface area contributed by atoms with E-state index in [1.54, 1.807) is 17.0 Å². The lowest BCUT2D eigenvalue weighted by Gasteiger charge is -2.36. The number of amides is 3. The second-order valence-electron chi connectivity index (χ2n) is 7.22. The van der Waals surface area contributed by atoms with Crippen molar-refractivity contribution in [3.05, 3.63) is 64.1 Å². The Labute approximate surface area is 191 Å². The van der Waals surface area contributed by atoms with Crippen molar-refractivity contribution in [1.82, 2.24) is 15.5 Å². The maximum atomic E-state index is 12.5. The van der Waals surface area contributed by atoms with Crippen LogP contribution in [-0.4, -0.2) is 61.4 Å². The summed E-state index contributed by atoms with van der Waals surface area (Å²) in [5.74, 6) is -1.13. The summed E-state index contributed by atoms with van der Waals surface area (Å²) in [7, 11) is 0. The maximum absolute atomic E-state index is 12.5. The number of para-hydroxylation sites is 1. The SMILES string of the molecule is CC(NC(=O)c1cccc(Cl)c1Cl)C(=O)NCC(=O)N1CCN(c2ccccc2)CC1. The molecule has 3 rings (SSSR count). The van der Waals surface area contributed by atoms with Crippen molar-refractivity contribution in [2.75, 3.05) is 37.6 Å². The standard InChI is InChI=1S/C22H24Cl2N4O3/c1-15(26-22(31)17-8-5-9-18(23)20(17)24)21(30)25-14-19(29)28-12-10-27(11-13-28)16-6-3-2-4-7-16/h2-9,15H,10-14H2,1H3,(H,25,30)(H,26,31). The zero-order valence-corrected chi connectivity index (χ0v) is 18.6. The zero-order chi connectivity index (χ0) is 22.4. The molecule has 0 radical (unpaired) electrons. The van der Waals surface area contributed by atoms with E-state index in [9.17, 15) is 14.4 Å². The third-order valence-electron chi connectivity index (χ3n) is 5.10. The Morgan fingerprint density at radius 3 is 2.32 bits per heavy atom. The Morgan fingerprint density at radius 1 is 0.968 bits per heavy atom. The Kier molecular flexibility index (Phi) is 7.76. The van der Waals surface area contributed by atoms with E-state index in [1.807, 2.05) is 30.3 Å². The molecular weight excluding hydrogens is 439 g/mol. The highest BCUT2D eigenvalue weighted by Crippen LogP contribution is 2.25. The molecule has 7 nitrogen and oxygen atoms in total. The second-order valence-corrected chi connectivity index (χ2v) is 8.00. The predicted molar refractivity (Wildman–Crippen MR) is 122 cm³/mol. The van der Waals surface area contributed by atoms with Gasteiger partial charge in [0.15, 0.2) is 0 Å². The van der Waals surface area contributed by atoms with Gasteiger partial charge in [0, 0.05) is 31.9 Å². The van der Waals surface area contributed by atoms with Gasteiger partial charge in [-0.1, -0.05) is 47.5 Å².